The van der Waals surface area contributed by atoms with Crippen LogP contribution in [0.3, 0.4) is 0 Å². The zero-order valence-electron chi connectivity index (χ0n) is 12.2. The Morgan fingerprint density at radius 1 is 1.05 bits per heavy atom. The molecule has 0 saturated heterocycles. The first kappa shape index (κ1) is 16.0. The van der Waals surface area contributed by atoms with E-state index in [2.05, 4.69) is 10.6 Å². The molecule has 0 bridgehead atoms. The summed E-state index contributed by atoms with van der Waals surface area (Å²) in [6.45, 7) is 2.39. The normalized spacial score (nSPS) is 10.1. The van der Waals surface area contributed by atoms with Gasteiger partial charge >= 0.3 is 0 Å². The first-order chi connectivity index (χ1) is 10.5. The van der Waals surface area contributed by atoms with Crippen LogP contribution in [0.1, 0.15) is 17.5 Å². The number of para-hydroxylation sites is 1. The average molecular weight is 317 g/mol. The van der Waals surface area contributed by atoms with Crippen molar-refractivity contribution in [1.82, 2.24) is 5.32 Å². The number of halogens is 1. The van der Waals surface area contributed by atoms with Crippen LogP contribution in [0, 0.1) is 6.92 Å². The summed E-state index contributed by atoms with van der Waals surface area (Å²) in [5.41, 5.74) is 2.63. The van der Waals surface area contributed by atoms with Gasteiger partial charge in [0.1, 0.15) is 6.42 Å². The number of rotatable bonds is 5. The van der Waals surface area contributed by atoms with Crippen LogP contribution >= 0.6 is 11.6 Å². The minimum atomic E-state index is -0.394. The van der Waals surface area contributed by atoms with Crippen molar-refractivity contribution in [1.29, 1.82) is 0 Å². The molecule has 0 saturated carbocycles. The number of carbonyl (C=O) groups excluding carboxylic acids is 2. The Kier molecular flexibility index (Phi) is 5.55. The van der Waals surface area contributed by atoms with Crippen LogP contribution in [-0.4, -0.2) is 11.8 Å². The molecule has 2 aromatic carbocycles. The fourth-order valence-corrected chi connectivity index (χ4v) is 2.17. The van der Waals surface area contributed by atoms with Crippen LogP contribution in [-0.2, 0) is 16.1 Å². The Morgan fingerprint density at radius 2 is 1.82 bits per heavy atom. The molecule has 4 nitrogen and oxygen atoms in total. The Hall–Kier alpha value is -2.33. The molecule has 0 aliphatic heterocycles. The van der Waals surface area contributed by atoms with E-state index in [1.807, 2.05) is 31.2 Å². The van der Waals surface area contributed by atoms with Gasteiger partial charge < -0.3 is 10.6 Å². The summed E-state index contributed by atoms with van der Waals surface area (Å²) in [4.78, 5) is 23.6. The molecule has 114 valence electrons. The van der Waals surface area contributed by atoms with Crippen LogP contribution in [0.25, 0.3) is 0 Å². The minimum absolute atomic E-state index is 0.239. The highest BCUT2D eigenvalue weighted by atomic mass is 35.5. The molecule has 2 rings (SSSR count). The quantitative estimate of drug-likeness (QED) is 0.832. The zero-order chi connectivity index (χ0) is 15.9. The fraction of sp³-hybridized carbons (Fsp3) is 0.176. The molecular formula is C17H17ClN2O2. The molecule has 0 spiro atoms. The molecule has 0 heterocycles. The summed E-state index contributed by atoms with van der Waals surface area (Å²) < 4.78 is 0. The van der Waals surface area contributed by atoms with Crippen LogP contribution in [0.5, 0.6) is 0 Å². The van der Waals surface area contributed by atoms with Gasteiger partial charge in [-0.3, -0.25) is 9.59 Å². The monoisotopic (exact) mass is 316 g/mol. The average Bonchev–Trinajstić information content (AvgIpc) is 2.47. The highest BCUT2D eigenvalue weighted by Crippen LogP contribution is 2.20. The van der Waals surface area contributed by atoms with E-state index < -0.39 is 5.91 Å². The number of aryl methyl sites for hydroxylation is 1. The van der Waals surface area contributed by atoms with E-state index in [4.69, 9.17) is 11.6 Å². The SMILES string of the molecule is Cc1cccc(CNC(=O)CC(=O)Nc2ccccc2Cl)c1. The number of anilines is 1. The number of hydrogen-bond donors (Lipinski definition) is 2. The third kappa shape index (κ3) is 4.90. The van der Waals surface area contributed by atoms with Crippen molar-refractivity contribution >= 4 is 29.1 Å². The van der Waals surface area contributed by atoms with Crippen LogP contribution in [0.4, 0.5) is 5.69 Å². The van der Waals surface area contributed by atoms with Crippen LogP contribution < -0.4 is 10.6 Å². The Labute approximate surface area is 134 Å². The molecule has 0 fully saturated rings. The molecule has 0 radical (unpaired) electrons. The summed E-state index contributed by atoms with van der Waals surface area (Å²) in [7, 11) is 0. The summed E-state index contributed by atoms with van der Waals surface area (Å²) in [6.07, 6.45) is -0.239. The second-order valence-corrected chi connectivity index (χ2v) is 5.38. The van der Waals surface area contributed by atoms with Gasteiger partial charge in [0.15, 0.2) is 0 Å². The molecule has 0 aliphatic rings. The standard InChI is InChI=1S/C17H17ClN2O2/c1-12-5-4-6-13(9-12)11-19-16(21)10-17(22)20-15-8-3-2-7-14(15)18/h2-9H,10-11H2,1H3,(H,19,21)(H,20,22). The Balaban J connectivity index is 1.82. The number of hydrogen-bond acceptors (Lipinski definition) is 2. The zero-order valence-corrected chi connectivity index (χ0v) is 13.0. The van der Waals surface area contributed by atoms with Gasteiger partial charge in [-0.25, -0.2) is 0 Å². The molecule has 5 heteroatoms. The number of benzene rings is 2. The van der Waals surface area contributed by atoms with Gasteiger partial charge in [0.05, 0.1) is 10.7 Å². The maximum atomic E-state index is 11.8. The van der Waals surface area contributed by atoms with Gasteiger partial charge in [-0.2, -0.15) is 0 Å². The van der Waals surface area contributed by atoms with Gasteiger partial charge in [0, 0.05) is 6.54 Å². The highest BCUT2D eigenvalue weighted by molar-refractivity contribution is 6.33. The number of nitrogens with one attached hydrogen (secondary N) is 2. The third-order valence-electron chi connectivity index (χ3n) is 3.04. The Bertz CT molecular complexity index is 686. The van der Waals surface area contributed by atoms with E-state index in [9.17, 15) is 9.59 Å². The predicted octanol–water partition coefficient (Wildman–Crippen LogP) is 3.29. The van der Waals surface area contributed by atoms with Gasteiger partial charge in [0.25, 0.3) is 0 Å². The van der Waals surface area contributed by atoms with Gasteiger partial charge in [-0.1, -0.05) is 53.6 Å². The molecule has 0 unspecified atom stereocenters. The maximum Gasteiger partial charge on any atom is 0.233 e. The molecule has 0 aromatic heterocycles. The summed E-state index contributed by atoms with van der Waals surface area (Å²) in [5, 5.41) is 5.78. The third-order valence-corrected chi connectivity index (χ3v) is 3.37. The largest absolute Gasteiger partial charge is 0.352 e. The molecule has 2 N–H and O–H groups in total. The lowest BCUT2D eigenvalue weighted by atomic mass is 10.1. The summed E-state index contributed by atoms with van der Waals surface area (Å²) in [6, 6.07) is 14.7. The second-order valence-electron chi connectivity index (χ2n) is 4.97. The smallest absolute Gasteiger partial charge is 0.233 e. The van der Waals surface area contributed by atoms with E-state index in [0.29, 0.717) is 17.3 Å². The van der Waals surface area contributed by atoms with Gasteiger partial charge in [-0.15, -0.1) is 0 Å². The van der Waals surface area contributed by atoms with Crippen LogP contribution in [0.2, 0.25) is 5.02 Å². The molecular weight excluding hydrogens is 300 g/mol. The van der Waals surface area contributed by atoms with Crippen molar-refractivity contribution in [3.8, 4) is 0 Å². The molecule has 0 atom stereocenters. The lowest BCUT2D eigenvalue weighted by Crippen LogP contribution is -2.27. The van der Waals surface area contributed by atoms with E-state index in [1.54, 1.807) is 24.3 Å². The minimum Gasteiger partial charge on any atom is -0.352 e. The lowest BCUT2D eigenvalue weighted by Gasteiger charge is -2.08. The number of carbonyl (C=O) groups is 2. The first-order valence-corrected chi connectivity index (χ1v) is 7.29. The molecule has 2 aromatic rings. The van der Waals surface area contributed by atoms with Gasteiger partial charge in [-0.05, 0) is 24.6 Å². The first-order valence-electron chi connectivity index (χ1n) is 6.91. The van der Waals surface area contributed by atoms with Crippen molar-refractivity contribution in [2.45, 2.75) is 19.9 Å². The Morgan fingerprint density at radius 3 is 2.55 bits per heavy atom. The van der Waals surface area contributed by atoms with Crippen molar-refractivity contribution in [2.75, 3.05) is 5.32 Å². The molecule has 2 amide bonds. The molecule has 22 heavy (non-hydrogen) atoms. The van der Waals surface area contributed by atoms with E-state index >= 15 is 0 Å². The lowest BCUT2D eigenvalue weighted by molar-refractivity contribution is -0.126. The predicted molar refractivity (Wildman–Crippen MR) is 87.7 cm³/mol. The van der Waals surface area contributed by atoms with Crippen molar-refractivity contribution in [3.63, 3.8) is 0 Å². The summed E-state index contributed by atoms with van der Waals surface area (Å²) >= 11 is 5.95. The maximum absolute atomic E-state index is 11.8. The summed E-state index contributed by atoms with van der Waals surface area (Å²) in [5.74, 6) is -0.721. The van der Waals surface area contributed by atoms with Crippen molar-refractivity contribution < 1.29 is 9.59 Å². The van der Waals surface area contributed by atoms with Crippen molar-refractivity contribution in [2.24, 2.45) is 0 Å². The fourth-order valence-electron chi connectivity index (χ4n) is 1.99. The topological polar surface area (TPSA) is 58.2 Å². The van der Waals surface area contributed by atoms with E-state index in [0.717, 1.165) is 11.1 Å². The van der Waals surface area contributed by atoms with Gasteiger partial charge in [0.2, 0.25) is 11.8 Å². The second kappa shape index (κ2) is 7.61. The number of amides is 2. The highest BCUT2D eigenvalue weighted by Gasteiger charge is 2.10. The molecule has 0 aliphatic carbocycles. The van der Waals surface area contributed by atoms with E-state index in [1.165, 1.54) is 0 Å². The van der Waals surface area contributed by atoms with Crippen LogP contribution in [0.15, 0.2) is 48.5 Å². The van der Waals surface area contributed by atoms with Crippen molar-refractivity contribution in [3.05, 3.63) is 64.7 Å². The van der Waals surface area contributed by atoms with E-state index in [-0.39, 0.29) is 12.3 Å².